The Bertz CT molecular complexity index is 1580. The number of imidazole rings is 2. The fourth-order valence-corrected chi connectivity index (χ4v) is 5.60. The van der Waals surface area contributed by atoms with E-state index in [0.29, 0.717) is 55.7 Å². The molecule has 4 aromatic rings. The van der Waals surface area contributed by atoms with Crippen LogP contribution in [0.3, 0.4) is 0 Å². The van der Waals surface area contributed by atoms with Crippen LogP contribution in [0.5, 0.6) is 0 Å². The van der Waals surface area contributed by atoms with Gasteiger partial charge in [-0.25, -0.2) is 14.4 Å². The Balaban J connectivity index is 1.46. The number of carbonyl (C=O) groups is 1. The highest BCUT2D eigenvalue weighted by Gasteiger charge is 2.55. The second kappa shape index (κ2) is 9.77. The minimum atomic E-state index is -1.75. The van der Waals surface area contributed by atoms with Crippen molar-refractivity contribution in [2.45, 2.75) is 45.3 Å². The van der Waals surface area contributed by atoms with Gasteiger partial charge in [-0.2, -0.15) is 9.97 Å². The van der Waals surface area contributed by atoms with Gasteiger partial charge in [0.15, 0.2) is 28.5 Å². The number of nitrogens with zero attached hydrogens (tertiary/aromatic N) is 8. The van der Waals surface area contributed by atoms with E-state index in [1.54, 1.807) is 37.3 Å². The van der Waals surface area contributed by atoms with Gasteiger partial charge in [0.25, 0.3) is 0 Å². The molecule has 0 aliphatic carbocycles. The van der Waals surface area contributed by atoms with Gasteiger partial charge in [0.2, 0.25) is 5.95 Å². The van der Waals surface area contributed by atoms with Crippen molar-refractivity contribution < 1.29 is 18.7 Å². The van der Waals surface area contributed by atoms with Gasteiger partial charge in [-0.15, -0.1) is 0 Å². The molecule has 0 unspecified atom stereocenters. The maximum absolute atomic E-state index is 16.5. The molecule has 0 atom stereocenters. The van der Waals surface area contributed by atoms with E-state index < -0.39 is 11.2 Å². The number of halogens is 1. The minimum Gasteiger partial charge on any atom is -0.465 e. The average Bonchev–Trinajstić information content (AvgIpc) is 3.49. The van der Waals surface area contributed by atoms with Gasteiger partial charge >= 0.3 is 5.97 Å². The lowest BCUT2D eigenvalue weighted by Gasteiger charge is -2.50. The highest BCUT2D eigenvalue weighted by Crippen LogP contribution is 2.41. The summed E-state index contributed by atoms with van der Waals surface area (Å²) < 4.78 is 31.0. The van der Waals surface area contributed by atoms with Crippen LogP contribution in [-0.2, 0) is 33.4 Å². The number of aromatic nitrogens is 6. The Hall–Kier alpha value is -3.64. The molecule has 1 aromatic carbocycles. The number of hydrogen-bond donors (Lipinski definition) is 0. The van der Waals surface area contributed by atoms with Gasteiger partial charge in [-0.3, -0.25) is 14.3 Å². The van der Waals surface area contributed by atoms with E-state index in [4.69, 9.17) is 29.4 Å². The summed E-state index contributed by atoms with van der Waals surface area (Å²) in [7, 11) is 1.79. The molecule has 0 amide bonds. The van der Waals surface area contributed by atoms with Gasteiger partial charge < -0.3 is 18.9 Å². The molecule has 2 saturated heterocycles. The summed E-state index contributed by atoms with van der Waals surface area (Å²) in [5.74, 6) is 1.86. The third kappa shape index (κ3) is 4.12. The van der Waals surface area contributed by atoms with Crippen molar-refractivity contribution in [3.63, 3.8) is 0 Å². The molecule has 2 aliphatic rings. The fourth-order valence-electron chi connectivity index (χ4n) is 5.60. The zero-order valence-electron chi connectivity index (χ0n) is 23.6. The SMILES string of the molecule is CCOC(=O)C(C)(C)N1CC(F)(c2nc3c(N4CCOCC4)nc(-n4c(CC)nc5ccccc54)nc3n2C)C1. The molecule has 0 N–H and O–H groups in total. The van der Waals surface area contributed by atoms with E-state index in [1.165, 1.54) is 0 Å². The number of benzene rings is 1. The molecule has 5 heterocycles. The smallest absolute Gasteiger partial charge is 0.325 e. The summed E-state index contributed by atoms with van der Waals surface area (Å²) in [6.07, 6.45) is 0.694. The zero-order chi connectivity index (χ0) is 28.2. The molecule has 0 bridgehead atoms. The molecule has 0 radical (unpaired) electrons. The lowest BCUT2D eigenvalue weighted by atomic mass is 9.88. The Morgan fingerprint density at radius 3 is 2.52 bits per heavy atom. The molecule has 0 saturated carbocycles. The van der Waals surface area contributed by atoms with E-state index in [1.807, 2.05) is 35.8 Å². The number of esters is 1. The summed E-state index contributed by atoms with van der Waals surface area (Å²) in [5.41, 5.74) is 0.168. The highest BCUT2D eigenvalue weighted by molar-refractivity contribution is 5.86. The van der Waals surface area contributed by atoms with Crippen LogP contribution in [-0.4, -0.2) is 91.5 Å². The first-order valence-corrected chi connectivity index (χ1v) is 13.8. The number of hydrogen-bond acceptors (Lipinski definition) is 9. The zero-order valence-corrected chi connectivity index (χ0v) is 23.6. The van der Waals surface area contributed by atoms with Crippen molar-refractivity contribution in [3.05, 3.63) is 35.9 Å². The molecule has 2 fully saturated rings. The molecule has 212 valence electrons. The quantitative estimate of drug-likeness (QED) is 0.321. The number of carbonyl (C=O) groups excluding carboxylic acids is 1. The van der Waals surface area contributed by atoms with Crippen LogP contribution in [0.4, 0.5) is 10.2 Å². The third-order valence-corrected chi connectivity index (χ3v) is 7.99. The largest absolute Gasteiger partial charge is 0.465 e. The van der Waals surface area contributed by atoms with E-state index in [0.717, 1.165) is 16.9 Å². The summed E-state index contributed by atoms with van der Waals surface area (Å²) in [6, 6.07) is 7.91. The molecule has 12 heteroatoms. The number of para-hydroxylation sites is 2. The number of likely N-dealkylation sites (tertiary alicyclic amines) is 1. The number of morpholine rings is 1. The fraction of sp³-hybridized carbons (Fsp3) is 0.536. The van der Waals surface area contributed by atoms with Crippen molar-refractivity contribution in [2.75, 3.05) is 50.9 Å². The van der Waals surface area contributed by atoms with Gasteiger partial charge in [-0.1, -0.05) is 19.1 Å². The molecule has 40 heavy (non-hydrogen) atoms. The van der Waals surface area contributed by atoms with Crippen LogP contribution in [0, 0.1) is 0 Å². The average molecular weight is 551 g/mol. The van der Waals surface area contributed by atoms with Crippen molar-refractivity contribution in [1.29, 1.82) is 0 Å². The maximum atomic E-state index is 16.5. The summed E-state index contributed by atoms with van der Waals surface area (Å²) in [6.45, 7) is 10.1. The van der Waals surface area contributed by atoms with E-state index in [2.05, 4.69) is 4.90 Å². The van der Waals surface area contributed by atoms with Crippen LogP contribution in [0.25, 0.3) is 28.1 Å². The Morgan fingerprint density at radius 2 is 1.82 bits per heavy atom. The number of fused-ring (bicyclic) bond motifs is 2. The maximum Gasteiger partial charge on any atom is 0.325 e. The monoisotopic (exact) mass is 550 g/mol. The van der Waals surface area contributed by atoms with Gasteiger partial charge in [0, 0.05) is 39.6 Å². The molecule has 0 spiro atoms. The van der Waals surface area contributed by atoms with Crippen molar-refractivity contribution in [1.82, 2.24) is 34.0 Å². The first-order chi connectivity index (χ1) is 19.2. The van der Waals surface area contributed by atoms with Crippen LogP contribution in [0.1, 0.15) is 39.3 Å². The van der Waals surface area contributed by atoms with Crippen LogP contribution >= 0.6 is 0 Å². The Morgan fingerprint density at radius 1 is 1.10 bits per heavy atom. The van der Waals surface area contributed by atoms with Crippen molar-refractivity contribution in [3.8, 4) is 5.95 Å². The number of ether oxygens (including phenoxy) is 2. The number of rotatable bonds is 7. The van der Waals surface area contributed by atoms with E-state index >= 15 is 4.39 Å². The molecular weight excluding hydrogens is 515 g/mol. The molecule has 11 nitrogen and oxygen atoms in total. The number of alkyl halides is 1. The second-order valence-corrected chi connectivity index (χ2v) is 10.9. The van der Waals surface area contributed by atoms with Crippen LogP contribution < -0.4 is 4.90 Å². The van der Waals surface area contributed by atoms with E-state index in [-0.39, 0.29) is 31.5 Å². The topological polar surface area (TPSA) is 103 Å². The van der Waals surface area contributed by atoms with Crippen molar-refractivity contribution in [2.24, 2.45) is 7.05 Å². The first kappa shape index (κ1) is 26.6. The summed E-state index contributed by atoms with van der Waals surface area (Å²) >= 11 is 0. The minimum absolute atomic E-state index is 0.0231. The Labute approximate surface area is 231 Å². The second-order valence-electron chi connectivity index (χ2n) is 10.9. The van der Waals surface area contributed by atoms with Crippen LogP contribution in [0.15, 0.2) is 24.3 Å². The van der Waals surface area contributed by atoms with Gasteiger partial charge in [0.1, 0.15) is 11.4 Å². The van der Waals surface area contributed by atoms with Gasteiger partial charge in [0.05, 0.1) is 30.9 Å². The lowest BCUT2D eigenvalue weighted by Crippen LogP contribution is -2.67. The predicted molar refractivity (Wildman–Crippen MR) is 148 cm³/mol. The summed E-state index contributed by atoms with van der Waals surface area (Å²) in [5, 5.41) is 0. The standard InChI is InChI=1S/C28H35FN8O3/c1-6-20-30-18-10-8-9-11-19(18)37(20)26-32-22-21(23(33-26)35-12-14-39-15-13-35)31-24(34(22)5)28(29)16-36(17-28)27(3,4)25(38)40-7-2/h8-11H,6-7,12-17H2,1-5H3. The van der Waals surface area contributed by atoms with E-state index in [9.17, 15) is 4.79 Å². The lowest BCUT2D eigenvalue weighted by molar-refractivity contribution is -0.168. The Kier molecular flexibility index (Phi) is 6.49. The number of aryl methyl sites for hydroxylation is 2. The highest BCUT2D eigenvalue weighted by atomic mass is 19.1. The number of anilines is 1. The third-order valence-electron chi connectivity index (χ3n) is 7.99. The van der Waals surface area contributed by atoms with Gasteiger partial charge in [-0.05, 0) is 32.9 Å². The normalized spacial score (nSPS) is 17.9. The molecule has 2 aliphatic heterocycles. The first-order valence-electron chi connectivity index (χ1n) is 13.8. The van der Waals surface area contributed by atoms with Crippen molar-refractivity contribution >= 4 is 34.0 Å². The molecular formula is C28H35FN8O3. The van der Waals surface area contributed by atoms with Crippen LogP contribution in [0.2, 0.25) is 0 Å². The summed E-state index contributed by atoms with van der Waals surface area (Å²) in [4.78, 5) is 36.0. The predicted octanol–water partition coefficient (Wildman–Crippen LogP) is 2.92. The molecule has 3 aromatic heterocycles. The molecule has 6 rings (SSSR count).